The molecular formula is C41H36IrN2O2Si-2. The molecule has 4 nitrogen and oxygen atoms in total. The van der Waals surface area contributed by atoms with Gasteiger partial charge in [-0.25, -0.2) is 0 Å². The van der Waals surface area contributed by atoms with Gasteiger partial charge in [0.05, 0.1) is 13.7 Å². The molecular weight excluding hydrogens is 773 g/mol. The fraction of sp³-hybridized carbons (Fsp3) is 0.171. The molecule has 0 bridgehead atoms. The van der Waals surface area contributed by atoms with Crippen LogP contribution in [0.1, 0.15) is 36.4 Å². The smallest absolute Gasteiger partial charge is 0.139 e. The number of pyridine rings is 2. The van der Waals surface area contributed by atoms with Gasteiger partial charge in [-0.3, -0.25) is 0 Å². The SMILES string of the molecule is C[Si](C)(C)c1ccc(-c2[c-]cccc2)nc1.[2H]C([2H])([2H])c1cnc(-c2[c-]ccc3c2oc2cc4oc5ccccc5c4cc23)cc1C([2H])(C)C.[Ir]. The maximum atomic E-state index is 8.51. The van der Waals surface area contributed by atoms with Crippen molar-refractivity contribution in [3.63, 3.8) is 0 Å². The van der Waals surface area contributed by atoms with Gasteiger partial charge in [-0.15, -0.1) is 54.1 Å². The van der Waals surface area contributed by atoms with Crippen LogP contribution < -0.4 is 5.19 Å². The first-order valence-corrected chi connectivity index (χ1v) is 18.8. The topological polar surface area (TPSA) is 52.1 Å². The number of aryl methyl sites for hydroxylation is 1. The summed E-state index contributed by atoms with van der Waals surface area (Å²) in [5, 5.41) is 5.31. The zero-order chi connectivity index (χ0) is 35.4. The third kappa shape index (κ3) is 6.34. The molecule has 0 aliphatic carbocycles. The Kier molecular flexibility index (Phi) is 7.69. The van der Waals surface area contributed by atoms with Gasteiger partial charge in [0.15, 0.2) is 0 Å². The number of para-hydroxylation sites is 1. The van der Waals surface area contributed by atoms with E-state index < -0.39 is 20.8 Å². The fourth-order valence-corrected chi connectivity index (χ4v) is 6.74. The van der Waals surface area contributed by atoms with Crippen molar-refractivity contribution in [2.75, 3.05) is 0 Å². The third-order valence-electron chi connectivity index (χ3n) is 8.24. The summed E-state index contributed by atoms with van der Waals surface area (Å²) in [6, 6.07) is 36.0. The fourth-order valence-electron chi connectivity index (χ4n) is 5.71. The molecule has 0 unspecified atom stereocenters. The van der Waals surface area contributed by atoms with Gasteiger partial charge in [0, 0.05) is 60.2 Å². The third-order valence-corrected chi connectivity index (χ3v) is 10.3. The molecule has 0 fully saturated rings. The zero-order valence-electron chi connectivity index (χ0n) is 30.9. The molecule has 0 saturated heterocycles. The molecule has 0 N–H and O–H groups in total. The molecule has 0 aliphatic heterocycles. The Morgan fingerprint density at radius 3 is 2.21 bits per heavy atom. The number of aromatic nitrogens is 2. The molecule has 4 aromatic carbocycles. The minimum absolute atomic E-state index is 0. The van der Waals surface area contributed by atoms with Gasteiger partial charge in [-0.05, 0) is 52.6 Å². The van der Waals surface area contributed by atoms with E-state index in [1.165, 1.54) is 11.4 Å². The zero-order valence-corrected chi connectivity index (χ0v) is 30.3. The van der Waals surface area contributed by atoms with Crippen molar-refractivity contribution < 1.29 is 34.4 Å². The van der Waals surface area contributed by atoms with Crippen LogP contribution in [0.4, 0.5) is 0 Å². The van der Waals surface area contributed by atoms with Crippen molar-refractivity contribution in [2.24, 2.45) is 0 Å². The summed E-state index contributed by atoms with van der Waals surface area (Å²) < 4.78 is 44.4. The molecule has 6 heteroatoms. The summed E-state index contributed by atoms with van der Waals surface area (Å²) in [6.45, 7) is 7.98. The van der Waals surface area contributed by atoms with Gasteiger partial charge >= 0.3 is 0 Å². The van der Waals surface area contributed by atoms with Crippen LogP contribution in [0.2, 0.25) is 19.6 Å². The van der Waals surface area contributed by atoms with Crippen LogP contribution in [-0.4, -0.2) is 18.0 Å². The molecule has 47 heavy (non-hydrogen) atoms. The molecule has 0 amide bonds. The van der Waals surface area contributed by atoms with E-state index in [4.69, 9.17) is 14.3 Å². The van der Waals surface area contributed by atoms with Gasteiger partial charge in [0.25, 0.3) is 0 Å². The minimum atomic E-state index is -2.36. The molecule has 0 aliphatic rings. The summed E-state index contributed by atoms with van der Waals surface area (Å²) >= 11 is 0. The van der Waals surface area contributed by atoms with E-state index in [2.05, 4.69) is 59.9 Å². The van der Waals surface area contributed by atoms with Crippen LogP contribution >= 0.6 is 0 Å². The van der Waals surface area contributed by atoms with Crippen molar-refractivity contribution >= 4 is 57.1 Å². The van der Waals surface area contributed by atoms with E-state index in [0.717, 1.165) is 44.0 Å². The maximum Gasteiger partial charge on any atom is 0.139 e. The monoisotopic (exact) mass is 813 g/mol. The second-order valence-corrected chi connectivity index (χ2v) is 17.8. The second-order valence-electron chi connectivity index (χ2n) is 12.7. The predicted octanol–water partition coefficient (Wildman–Crippen LogP) is 10.9. The number of benzene rings is 4. The average Bonchev–Trinajstić information content (AvgIpc) is 3.64. The predicted molar refractivity (Wildman–Crippen MR) is 193 cm³/mol. The Hall–Kier alpha value is -4.35. The maximum absolute atomic E-state index is 8.51. The van der Waals surface area contributed by atoms with Crippen LogP contribution in [0.25, 0.3) is 66.4 Å². The standard InChI is InChI=1S/C27H20NO2.C14H16NSi.Ir/c1-15(2)20-12-23(28-14-16(20)3)19-9-6-8-18-22-11-21-17-7-4-5-10-24(17)29-25(21)13-26(22)30-27(18)19;1-16(2,3)13-9-10-14(15-11-13)12-7-5-4-6-8-12;/h4-8,10-15H,1-3H3;4-7,9-11H,1-3H3;/q2*-1;/i3D3,15D;;. The van der Waals surface area contributed by atoms with Gasteiger partial charge in [-0.1, -0.05) is 80.8 Å². The Balaban J connectivity index is 0.000000222. The summed E-state index contributed by atoms with van der Waals surface area (Å²) in [7, 11) is -1.23. The normalized spacial score (nSPS) is 13.4. The second kappa shape index (κ2) is 13.0. The minimum Gasteiger partial charge on any atom is -0.500 e. The Morgan fingerprint density at radius 2 is 1.49 bits per heavy atom. The van der Waals surface area contributed by atoms with Crippen LogP contribution in [0.3, 0.4) is 0 Å². The van der Waals surface area contributed by atoms with E-state index in [0.29, 0.717) is 28.0 Å². The van der Waals surface area contributed by atoms with Crippen molar-refractivity contribution in [3.05, 3.63) is 127 Å². The molecule has 237 valence electrons. The summed E-state index contributed by atoms with van der Waals surface area (Å²) in [4.78, 5) is 8.96. The number of hydrogen-bond donors (Lipinski definition) is 0. The molecule has 0 spiro atoms. The van der Waals surface area contributed by atoms with E-state index in [9.17, 15) is 0 Å². The number of fused-ring (bicyclic) bond motifs is 6. The molecule has 0 saturated carbocycles. The molecule has 1 radical (unpaired) electrons. The van der Waals surface area contributed by atoms with Gasteiger partial charge < -0.3 is 18.8 Å². The van der Waals surface area contributed by atoms with Crippen molar-refractivity contribution in [2.45, 2.75) is 46.2 Å². The Morgan fingerprint density at radius 1 is 0.723 bits per heavy atom. The largest absolute Gasteiger partial charge is 0.500 e. The van der Waals surface area contributed by atoms with E-state index in [1.54, 1.807) is 19.9 Å². The molecule has 8 rings (SSSR count). The summed E-state index contributed by atoms with van der Waals surface area (Å²) in [5.74, 6) is -1.12. The number of furan rings is 2. The quantitative estimate of drug-likeness (QED) is 0.131. The van der Waals surface area contributed by atoms with E-state index in [-0.39, 0.29) is 25.7 Å². The summed E-state index contributed by atoms with van der Waals surface area (Å²) in [5.41, 5.74) is 6.56. The first kappa shape index (κ1) is 27.7. The van der Waals surface area contributed by atoms with Gasteiger partial charge in [0.2, 0.25) is 0 Å². The average molecular weight is 813 g/mol. The van der Waals surface area contributed by atoms with Gasteiger partial charge in [-0.2, -0.15) is 0 Å². The first-order chi connectivity index (χ1) is 23.7. The number of hydrogen-bond acceptors (Lipinski definition) is 4. The summed E-state index contributed by atoms with van der Waals surface area (Å²) in [6.07, 6.45) is 3.37. The molecule has 4 aromatic heterocycles. The van der Waals surface area contributed by atoms with Gasteiger partial charge in [0.1, 0.15) is 16.7 Å². The molecule has 8 aromatic rings. The van der Waals surface area contributed by atoms with E-state index in [1.807, 2.05) is 72.9 Å². The molecule has 0 atom stereocenters. The van der Waals surface area contributed by atoms with Crippen LogP contribution in [-0.2, 0) is 20.1 Å². The van der Waals surface area contributed by atoms with Crippen LogP contribution in [0, 0.1) is 19.0 Å². The first-order valence-electron chi connectivity index (χ1n) is 17.3. The van der Waals surface area contributed by atoms with Crippen molar-refractivity contribution in [1.29, 1.82) is 0 Å². The number of rotatable bonds is 4. The molecule has 4 heterocycles. The Labute approximate surface area is 295 Å². The van der Waals surface area contributed by atoms with Crippen molar-refractivity contribution in [3.8, 4) is 22.5 Å². The number of nitrogens with zero attached hydrogens (tertiary/aromatic N) is 2. The van der Waals surface area contributed by atoms with E-state index >= 15 is 0 Å². The van der Waals surface area contributed by atoms with Crippen LogP contribution in [0.15, 0.2) is 112 Å². The van der Waals surface area contributed by atoms with Crippen molar-refractivity contribution in [1.82, 2.24) is 9.97 Å². The van der Waals surface area contributed by atoms with Crippen LogP contribution in [0.5, 0.6) is 0 Å². The Bertz CT molecular complexity index is 2500.